The van der Waals surface area contributed by atoms with Crippen molar-refractivity contribution >= 4 is 40.0 Å². The molecule has 1 nitrogen and oxygen atoms in total. The van der Waals surface area contributed by atoms with Gasteiger partial charge in [0.25, 0.3) is 0 Å². The highest BCUT2D eigenvalue weighted by molar-refractivity contribution is 7.54. The molecule has 0 aromatic carbocycles. The second-order valence-corrected chi connectivity index (χ2v) is 8.18. The molecular formula is C4H2Cl3F7OSi. The van der Waals surface area contributed by atoms with Crippen LogP contribution in [0.1, 0.15) is 0 Å². The fourth-order valence-corrected chi connectivity index (χ4v) is 0.203. The van der Waals surface area contributed by atoms with Crippen LogP contribution in [0, 0.1) is 0 Å². The van der Waals surface area contributed by atoms with E-state index >= 15 is 0 Å². The topological polar surface area (TPSA) is 9.23 Å². The normalized spacial score (nSPS) is 11.0. The largest absolute Gasteiger partial charge is 0.463 e. The van der Waals surface area contributed by atoms with Crippen molar-refractivity contribution < 1.29 is 35.5 Å². The summed E-state index contributed by atoms with van der Waals surface area (Å²) in [6.45, 7) is -1.72. The van der Waals surface area contributed by atoms with Gasteiger partial charge in [-0.25, -0.2) is 0 Å². The molecule has 0 rings (SSSR count). The van der Waals surface area contributed by atoms with Crippen molar-refractivity contribution in [2.45, 2.75) is 12.5 Å². The lowest BCUT2D eigenvalue weighted by Gasteiger charge is -2.13. The van der Waals surface area contributed by atoms with Gasteiger partial charge in [0, 0.05) is 0 Å². The molecule has 0 aromatic heterocycles. The van der Waals surface area contributed by atoms with Gasteiger partial charge >= 0.3 is 31.4 Å². The minimum absolute atomic E-state index is 1.72. The summed E-state index contributed by atoms with van der Waals surface area (Å²) in [5, 5.41) is 0. The maximum absolute atomic E-state index is 11.6. The molecule has 16 heavy (non-hydrogen) atoms. The van der Waals surface area contributed by atoms with E-state index in [-0.39, 0.29) is 0 Å². The van der Waals surface area contributed by atoms with Gasteiger partial charge in [0.05, 0.1) is 0 Å². The zero-order chi connectivity index (χ0) is 13.5. The van der Waals surface area contributed by atoms with Crippen molar-refractivity contribution in [2.24, 2.45) is 0 Å². The van der Waals surface area contributed by atoms with Gasteiger partial charge in [-0.1, -0.05) is 0 Å². The van der Waals surface area contributed by atoms with E-state index in [0.717, 1.165) is 0 Å². The van der Waals surface area contributed by atoms with Crippen LogP contribution in [-0.2, 0) is 4.74 Å². The first-order valence-electron chi connectivity index (χ1n) is 2.98. The van der Waals surface area contributed by atoms with Crippen LogP contribution < -0.4 is 0 Å². The summed E-state index contributed by atoms with van der Waals surface area (Å²) >= 11 is 14.8. The maximum atomic E-state index is 11.6. The van der Waals surface area contributed by atoms with Gasteiger partial charge in [0.15, 0.2) is 0 Å². The highest BCUT2D eigenvalue weighted by atomic mass is 35.8. The first-order chi connectivity index (χ1) is 7.00. The first kappa shape index (κ1) is 18.5. The van der Waals surface area contributed by atoms with Crippen LogP contribution in [0.3, 0.4) is 0 Å². The Balaban J connectivity index is 0. The van der Waals surface area contributed by atoms with Crippen LogP contribution in [0.2, 0.25) is 0 Å². The van der Waals surface area contributed by atoms with Crippen LogP contribution >= 0.6 is 33.2 Å². The van der Waals surface area contributed by atoms with E-state index in [2.05, 4.69) is 4.74 Å². The molecule has 0 bridgehead atoms. The Bertz CT molecular complexity index is 229. The molecule has 0 fully saturated rings. The Labute approximate surface area is 100 Å². The zero-order valence-corrected chi connectivity index (χ0v) is 10.3. The van der Waals surface area contributed by atoms with Crippen molar-refractivity contribution in [2.75, 3.05) is 0 Å². The molecule has 0 heterocycles. The van der Waals surface area contributed by atoms with Gasteiger partial charge in [-0.15, -0.1) is 33.2 Å². The highest BCUT2D eigenvalue weighted by Gasteiger charge is 2.45. The lowest BCUT2D eigenvalue weighted by Crippen LogP contribution is -2.29. The Morgan fingerprint density at radius 3 is 1.56 bits per heavy atom. The van der Waals surface area contributed by atoms with Crippen molar-refractivity contribution in [3.63, 3.8) is 0 Å². The molecule has 0 saturated carbocycles. The Morgan fingerprint density at radius 1 is 1.06 bits per heavy atom. The summed E-state index contributed by atoms with van der Waals surface area (Å²) < 4.78 is 81.3. The Morgan fingerprint density at radius 2 is 1.38 bits per heavy atom. The number of halogens is 10. The van der Waals surface area contributed by atoms with Gasteiger partial charge in [-0.05, 0) is 0 Å². The highest BCUT2D eigenvalue weighted by Crippen LogP contribution is 2.28. The summed E-state index contributed by atoms with van der Waals surface area (Å²) in [5.74, 6) is 0. The summed E-state index contributed by atoms with van der Waals surface area (Å²) in [6.07, 6.45) is -12.8. The molecule has 0 N–H and O–H groups in total. The van der Waals surface area contributed by atoms with Gasteiger partial charge < -0.3 is 4.74 Å². The van der Waals surface area contributed by atoms with Crippen LogP contribution in [0.4, 0.5) is 30.7 Å². The molecule has 0 spiro atoms. The van der Waals surface area contributed by atoms with Crippen molar-refractivity contribution in [3.8, 4) is 0 Å². The van der Waals surface area contributed by atoms with E-state index < -0.39 is 31.4 Å². The minimum Gasteiger partial charge on any atom is -0.398 e. The average molecular weight is 333 g/mol. The predicted octanol–water partition coefficient (Wildman–Crippen LogP) is 4.32. The second kappa shape index (κ2) is 8.26. The van der Waals surface area contributed by atoms with Crippen molar-refractivity contribution in [1.82, 2.24) is 0 Å². The van der Waals surface area contributed by atoms with Crippen LogP contribution in [0.5, 0.6) is 0 Å². The third-order valence-corrected chi connectivity index (χ3v) is 0.628. The Hall–Kier alpha value is 0.137. The number of alkyl halides is 4. The fourth-order valence-electron chi connectivity index (χ4n) is 0.203. The van der Waals surface area contributed by atoms with Crippen LogP contribution in [-0.4, -0.2) is 19.3 Å². The minimum atomic E-state index is -5.24. The zero-order valence-electron chi connectivity index (χ0n) is 6.84. The maximum Gasteiger partial charge on any atom is 0.463 e. The van der Waals surface area contributed by atoms with E-state index in [1.807, 2.05) is 0 Å². The molecule has 0 saturated heterocycles. The fraction of sp³-hybridized carbons (Fsp3) is 0.500. The van der Waals surface area contributed by atoms with Crippen molar-refractivity contribution in [3.05, 3.63) is 12.1 Å². The number of hydrogen-bond donors (Lipinski definition) is 0. The van der Waals surface area contributed by atoms with E-state index in [9.17, 15) is 30.7 Å². The van der Waals surface area contributed by atoms with E-state index in [1.54, 1.807) is 0 Å². The molecule has 12 heteroatoms. The van der Waals surface area contributed by atoms with Gasteiger partial charge in [-0.2, -0.15) is 30.7 Å². The third kappa shape index (κ3) is 10.6. The van der Waals surface area contributed by atoms with E-state index in [0.29, 0.717) is 0 Å². The summed E-state index contributed by atoms with van der Waals surface area (Å²) in [4.78, 5) is 0. The first-order valence-corrected chi connectivity index (χ1v) is 8.22. The van der Waals surface area contributed by atoms with Gasteiger partial charge in [0.2, 0.25) is 0 Å². The lowest BCUT2D eigenvalue weighted by molar-refractivity contribution is -0.292. The molecule has 98 valence electrons. The molecule has 0 aliphatic rings. The molecule has 0 aromatic rings. The quantitative estimate of drug-likeness (QED) is 0.323. The average Bonchev–Trinajstić information content (AvgIpc) is 2.01. The molecule has 0 aliphatic heterocycles. The third-order valence-electron chi connectivity index (χ3n) is 0.628. The second-order valence-electron chi connectivity index (χ2n) is 1.75. The lowest BCUT2D eigenvalue weighted by atomic mass is 10.6. The van der Waals surface area contributed by atoms with Crippen LogP contribution in [0.25, 0.3) is 0 Å². The van der Waals surface area contributed by atoms with Gasteiger partial charge in [0.1, 0.15) is 0 Å². The summed E-state index contributed by atoms with van der Waals surface area (Å²) in [7, 11) is 0. The van der Waals surface area contributed by atoms with Gasteiger partial charge in [-0.3, -0.25) is 0 Å². The van der Waals surface area contributed by atoms with Crippen molar-refractivity contribution in [1.29, 1.82) is 0 Å². The molecule has 0 unspecified atom stereocenters. The monoisotopic (exact) mass is 332 g/mol. The number of hydrogen-bond acceptors (Lipinski definition) is 1. The molecule has 0 amide bonds. The molecule has 0 aliphatic carbocycles. The van der Waals surface area contributed by atoms with E-state index in [1.165, 1.54) is 0 Å². The summed E-state index contributed by atoms with van der Waals surface area (Å²) in [5.41, 5.74) is 0. The predicted molar refractivity (Wildman–Crippen MR) is 47.1 cm³/mol. The number of ether oxygens (including phenoxy) is 1. The molecule has 0 atom stereocenters. The van der Waals surface area contributed by atoms with E-state index in [4.69, 9.17) is 33.2 Å². The number of rotatable bonds is 3. The standard InChI is InChI=1S/C4HF7O.Cl3HSi/c5-1(6)2(7)12-4(10,11)3(8)9;1-4(2)3/h3H;4H. The summed E-state index contributed by atoms with van der Waals surface area (Å²) in [6, 6.07) is -3.01. The smallest absolute Gasteiger partial charge is 0.398 e. The Kier molecular flexibility index (Phi) is 9.55. The molecular weight excluding hydrogens is 331 g/mol. The molecule has 0 radical (unpaired) electrons. The van der Waals surface area contributed by atoms with Crippen LogP contribution in [0.15, 0.2) is 12.1 Å². The SMILES string of the molecule is Cl[SiH](Cl)Cl.FC(F)=C(F)OC(F)(F)C(F)F.